The van der Waals surface area contributed by atoms with Crippen molar-refractivity contribution in [1.82, 2.24) is 24.5 Å². The van der Waals surface area contributed by atoms with Crippen LogP contribution in [-0.2, 0) is 11.2 Å². The molecule has 0 saturated heterocycles. The van der Waals surface area contributed by atoms with Gasteiger partial charge in [-0.05, 0) is 50.3 Å². The van der Waals surface area contributed by atoms with Gasteiger partial charge >= 0.3 is 0 Å². The predicted octanol–water partition coefficient (Wildman–Crippen LogP) is 3.37. The minimum absolute atomic E-state index is 0.0985. The minimum atomic E-state index is 0.0985. The third-order valence-corrected chi connectivity index (χ3v) is 5.94. The zero-order chi connectivity index (χ0) is 19.0. The van der Waals surface area contributed by atoms with Crippen LogP contribution in [0.3, 0.4) is 0 Å². The van der Waals surface area contributed by atoms with Gasteiger partial charge in [-0.1, -0.05) is 36.0 Å². The Kier molecular flexibility index (Phi) is 4.86. The van der Waals surface area contributed by atoms with Crippen LogP contribution in [0, 0.1) is 13.8 Å². The lowest BCUT2D eigenvalue weighted by Gasteiger charge is -2.33. The Morgan fingerprint density at radius 3 is 2.96 bits per heavy atom. The van der Waals surface area contributed by atoms with Crippen LogP contribution >= 0.6 is 11.8 Å². The lowest BCUT2D eigenvalue weighted by atomic mass is 9.87. The van der Waals surface area contributed by atoms with Crippen LogP contribution in [0.25, 0.3) is 5.78 Å². The van der Waals surface area contributed by atoms with Crippen molar-refractivity contribution in [3.63, 3.8) is 0 Å². The first kappa shape index (κ1) is 18.0. The molecule has 140 valence electrons. The van der Waals surface area contributed by atoms with E-state index in [1.807, 2.05) is 31.9 Å². The monoisotopic (exact) mass is 381 g/mol. The third kappa shape index (κ3) is 3.56. The molecule has 4 rings (SSSR count). The molecule has 0 aliphatic heterocycles. The summed E-state index contributed by atoms with van der Waals surface area (Å²) in [6, 6.07) is 10.6. The van der Waals surface area contributed by atoms with Gasteiger partial charge in [-0.15, -0.1) is 5.10 Å². The van der Waals surface area contributed by atoms with Crippen molar-refractivity contribution in [2.75, 3.05) is 12.8 Å². The molecule has 0 unspecified atom stereocenters. The van der Waals surface area contributed by atoms with E-state index in [0.29, 0.717) is 16.7 Å². The molecule has 7 heteroatoms. The quantitative estimate of drug-likeness (QED) is 0.649. The number of aromatic nitrogens is 4. The fraction of sp³-hybridized carbons (Fsp3) is 0.400. The Morgan fingerprint density at radius 2 is 2.11 bits per heavy atom. The normalized spacial score (nSPS) is 16.3. The van der Waals surface area contributed by atoms with Gasteiger partial charge in [0.05, 0.1) is 11.8 Å². The Morgan fingerprint density at radius 1 is 1.30 bits per heavy atom. The summed E-state index contributed by atoms with van der Waals surface area (Å²) in [6.45, 7) is 3.92. The molecule has 1 aliphatic carbocycles. The van der Waals surface area contributed by atoms with Gasteiger partial charge in [-0.2, -0.15) is 4.98 Å². The van der Waals surface area contributed by atoms with E-state index < -0.39 is 0 Å². The first-order chi connectivity index (χ1) is 13.0. The van der Waals surface area contributed by atoms with E-state index >= 15 is 0 Å². The molecule has 0 bridgehead atoms. The van der Waals surface area contributed by atoms with Gasteiger partial charge in [0.15, 0.2) is 0 Å². The maximum absolute atomic E-state index is 12.8. The van der Waals surface area contributed by atoms with Crippen molar-refractivity contribution in [2.45, 2.75) is 44.3 Å². The van der Waals surface area contributed by atoms with E-state index in [1.54, 1.807) is 4.52 Å². The van der Waals surface area contributed by atoms with Crippen molar-refractivity contribution >= 4 is 23.4 Å². The molecule has 2 aromatic heterocycles. The van der Waals surface area contributed by atoms with E-state index in [2.05, 4.69) is 39.3 Å². The number of aryl methyl sites for hydroxylation is 3. The Balaban J connectivity index is 1.46. The summed E-state index contributed by atoms with van der Waals surface area (Å²) in [5.41, 5.74) is 4.54. The van der Waals surface area contributed by atoms with Crippen molar-refractivity contribution < 1.29 is 4.79 Å². The number of carbonyl (C=O) groups excluding carboxylic acids is 1. The molecule has 0 N–H and O–H groups in total. The van der Waals surface area contributed by atoms with Crippen LogP contribution in [0.1, 0.15) is 41.4 Å². The number of hydrogen-bond donors (Lipinski definition) is 0. The molecule has 0 fully saturated rings. The number of hydrogen-bond acceptors (Lipinski definition) is 5. The zero-order valence-electron chi connectivity index (χ0n) is 15.8. The van der Waals surface area contributed by atoms with Crippen molar-refractivity contribution in [3.05, 3.63) is 52.8 Å². The van der Waals surface area contributed by atoms with Gasteiger partial charge in [-0.25, -0.2) is 9.50 Å². The fourth-order valence-corrected chi connectivity index (χ4v) is 4.48. The van der Waals surface area contributed by atoms with E-state index in [1.165, 1.54) is 22.9 Å². The van der Waals surface area contributed by atoms with Crippen molar-refractivity contribution in [1.29, 1.82) is 0 Å². The van der Waals surface area contributed by atoms with E-state index in [4.69, 9.17) is 0 Å². The molecule has 0 radical (unpaired) electrons. The maximum atomic E-state index is 12.8. The highest BCUT2D eigenvalue weighted by atomic mass is 32.2. The molecular weight excluding hydrogens is 358 g/mol. The highest BCUT2D eigenvalue weighted by Gasteiger charge is 2.26. The smallest absolute Gasteiger partial charge is 0.253 e. The number of amides is 1. The molecule has 6 nitrogen and oxygen atoms in total. The predicted molar refractivity (Wildman–Crippen MR) is 106 cm³/mol. The zero-order valence-corrected chi connectivity index (χ0v) is 16.7. The molecule has 1 amide bonds. The standard InChI is InChI=1S/C20H23N5OS/c1-13-11-14(2)25-19(21-13)22-20(23-25)27-12-18(26)24(3)17-10-6-8-15-7-4-5-9-16(15)17/h4-5,7,9,11,17H,6,8,10,12H2,1-3H3/t17-/m0/s1. The van der Waals surface area contributed by atoms with Gasteiger partial charge < -0.3 is 4.90 Å². The summed E-state index contributed by atoms with van der Waals surface area (Å²) in [5.74, 6) is 1.00. The van der Waals surface area contributed by atoms with Crippen LogP contribution in [0.2, 0.25) is 0 Å². The average molecular weight is 382 g/mol. The highest BCUT2D eigenvalue weighted by molar-refractivity contribution is 7.99. The number of rotatable bonds is 4. The second kappa shape index (κ2) is 7.31. The number of thioether (sulfide) groups is 1. The fourth-order valence-electron chi connectivity index (χ4n) is 3.74. The molecule has 0 saturated carbocycles. The van der Waals surface area contributed by atoms with Crippen molar-refractivity contribution in [2.24, 2.45) is 0 Å². The molecule has 0 spiro atoms. The molecule has 3 aromatic rings. The highest BCUT2D eigenvalue weighted by Crippen LogP contribution is 2.33. The summed E-state index contributed by atoms with van der Waals surface area (Å²) < 4.78 is 1.72. The SMILES string of the molecule is Cc1cc(C)n2nc(SCC(=O)N(C)[C@H]3CCCc4ccccc43)nc2n1. The number of carbonyl (C=O) groups is 1. The number of fused-ring (bicyclic) bond motifs is 2. The summed E-state index contributed by atoms with van der Waals surface area (Å²) in [6.07, 6.45) is 3.23. The summed E-state index contributed by atoms with van der Waals surface area (Å²) in [4.78, 5) is 23.5. The summed E-state index contributed by atoms with van der Waals surface area (Å²) in [5, 5.41) is 5.05. The van der Waals surface area contributed by atoms with Crippen LogP contribution in [0.15, 0.2) is 35.5 Å². The lowest BCUT2D eigenvalue weighted by molar-refractivity contribution is -0.129. The second-order valence-corrected chi connectivity index (χ2v) is 7.99. The van der Waals surface area contributed by atoms with Gasteiger partial charge in [0.2, 0.25) is 11.1 Å². The second-order valence-electron chi connectivity index (χ2n) is 7.05. The van der Waals surface area contributed by atoms with Crippen LogP contribution in [-0.4, -0.2) is 43.2 Å². The number of nitrogens with zero attached hydrogens (tertiary/aromatic N) is 5. The maximum Gasteiger partial charge on any atom is 0.253 e. The van der Waals surface area contributed by atoms with Gasteiger partial charge in [0.25, 0.3) is 5.78 Å². The molecule has 1 atom stereocenters. The molecule has 27 heavy (non-hydrogen) atoms. The Hall–Kier alpha value is -2.41. The van der Waals surface area contributed by atoms with E-state index in [-0.39, 0.29) is 11.9 Å². The average Bonchev–Trinajstić information content (AvgIpc) is 3.08. The van der Waals surface area contributed by atoms with E-state index in [0.717, 1.165) is 30.7 Å². The molecule has 2 heterocycles. The van der Waals surface area contributed by atoms with Gasteiger partial charge in [0.1, 0.15) is 0 Å². The van der Waals surface area contributed by atoms with E-state index in [9.17, 15) is 4.79 Å². The summed E-state index contributed by atoms with van der Waals surface area (Å²) in [7, 11) is 1.90. The van der Waals surface area contributed by atoms with Crippen LogP contribution < -0.4 is 0 Å². The molecular formula is C20H23N5OS. The topological polar surface area (TPSA) is 63.4 Å². The van der Waals surface area contributed by atoms with Crippen LogP contribution in [0.5, 0.6) is 0 Å². The first-order valence-electron chi connectivity index (χ1n) is 9.20. The van der Waals surface area contributed by atoms with Crippen molar-refractivity contribution in [3.8, 4) is 0 Å². The van der Waals surface area contributed by atoms with Gasteiger partial charge in [-0.3, -0.25) is 4.79 Å². The number of benzene rings is 1. The minimum Gasteiger partial charge on any atom is -0.338 e. The van der Waals surface area contributed by atoms with Crippen LogP contribution in [0.4, 0.5) is 0 Å². The Labute approximate surface area is 163 Å². The first-order valence-corrected chi connectivity index (χ1v) is 10.2. The molecule has 1 aliphatic rings. The Bertz CT molecular complexity index is 999. The summed E-state index contributed by atoms with van der Waals surface area (Å²) >= 11 is 1.37. The molecule has 1 aromatic carbocycles. The van der Waals surface area contributed by atoms with Gasteiger partial charge in [0, 0.05) is 18.4 Å². The lowest BCUT2D eigenvalue weighted by Crippen LogP contribution is -2.34. The third-order valence-electron chi connectivity index (χ3n) is 5.12. The largest absolute Gasteiger partial charge is 0.338 e.